The first-order valence-corrected chi connectivity index (χ1v) is 11.7. The summed E-state index contributed by atoms with van der Waals surface area (Å²) < 4.78 is 83.2. The lowest BCUT2D eigenvalue weighted by Crippen LogP contribution is -2.36. The smallest absolute Gasteiger partial charge is 0.352 e. The molecule has 1 N–H and O–H groups in total. The fraction of sp³-hybridized carbons (Fsp3) is 0.462. The number of nitro benzene ring substituents is 1. The van der Waals surface area contributed by atoms with Crippen molar-refractivity contribution < 1.29 is 39.7 Å². The number of nitrogens with zero attached hydrogens (tertiary/aromatic N) is 1. The molecule has 1 heterocycles. The van der Waals surface area contributed by atoms with Crippen LogP contribution in [0.15, 0.2) is 28.0 Å². The molecule has 15 heteroatoms. The summed E-state index contributed by atoms with van der Waals surface area (Å²) in [4.78, 5) is 20.4. The van der Waals surface area contributed by atoms with Crippen molar-refractivity contribution in [2.45, 2.75) is 27.8 Å². The molecule has 1 unspecified atom stereocenters. The fourth-order valence-electron chi connectivity index (χ4n) is 2.38. The van der Waals surface area contributed by atoms with E-state index in [4.69, 9.17) is 0 Å². The number of thioether (sulfide) groups is 1. The lowest BCUT2D eigenvalue weighted by molar-refractivity contribution is -0.388. The van der Waals surface area contributed by atoms with Gasteiger partial charge in [0.1, 0.15) is 0 Å². The van der Waals surface area contributed by atoms with Crippen molar-refractivity contribution in [2.24, 2.45) is 0 Å². The summed E-state index contributed by atoms with van der Waals surface area (Å²) >= 11 is 0.614. The van der Waals surface area contributed by atoms with E-state index >= 15 is 0 Å². The first kappa shape index (κ1) is 22.4. The lowest BCUT2D eigenvalue weighted by atomic mass is 10.3. The van der Waals surface area contributed by atoms with Crippen LogP contribution in [0.1, 0.15) is 6.42 Å². The van der Waals surface area contributed by atoms with Crippen LogP contribution in [0.25, 0.3) is 0 Å². The zero-order valence-corrected chi connectivity index (χ0v) is 16.3. The van der Waals surface area contributed by atoms with Crippen LogP contribution >= 0.6 is 11.8 Å². The summed E-state index contributed by atoms with van der Waals surface area (Å²) in [5.41, 5.74) is -6.51. The molecule has 0 radical (unpaired) electrons. The van der Waals surface area contributed by atoms with Gasteiger partial charge in [0.05, 0.1) is 32.0 Å². The highest BCUT2D eigenvalue weighted by atomic mass is 32.2. The molecule has 28 heavy (non-hydrogen) atoms. The van der Waals surface area contributed by atoms with Gasteiger partial charge in [0.25, 0.3) is 15.5 Å². The Hall–Kier alpha value is -1.87. The van der Waals surface area contributed by atoms with Gasteiger partial charge in [-0.15, -0.1) is 11.8 Å². The van der Waals surface area contributed by atoms with E-state index in [1.807, 2.05) is 0 Å². The first-order chi connectivity index (χ1) is 12.7. The number of sulfone groups is 2. The summed E-state index contributed by atoms with van der Waals surface area (Å²) in [6.07, 6.45) is 0.239. The number of halogens is 3. The van der Waals surface area contributed by atoms with Crippen molar-refractivity contribution in [3.05, 3.63) is 28.3 Å². The largest absolute Gasteiger partial charge is 0.501 e. The SMILES string of the molecule is O=C(CSc1ccc(S(=O)(=O)C(F)(F)F)cc1[N+](=O)[O-])NC1CCS(=O)(=O)C1. The van der Waals surface area contributed by atoms with Crippen LogP contribution in [-0.2, 0) is 24.5 Å². The second-order valence-electron chi connectivity index (χ2n) is 5.79. The zero-order valence-electron chi connectivity index (χ0n) is 13.8. The minimum Gasteiger partial charge on any atom is -0.352 e. The van der Waals surface area contributed by atoms with E-state index in [-0.39, 0.29) is 34.6 Å². The van der Waals surface area contributed by atoms with Gasteiger partial charge in [-0.05, 0) is 18.6 Å². The van der Waals surface area contributed by atoms with Gasteiger partial charge >= 0.3 is 5.51 Å². The van der Waals surface area contributed by atoms with Crippen molar-refractivity contribution in [3.8, 4) is 0 Å². The molecule has 0 aromatic heterocycles. The minimum absolute atomic E-state index is 0.0638. The number of carbonyl (C=O) groups excluding carboxylic acids is 1. The van der Waals surface area contributed by atoms with Crippen LogP contribution in [0.4, 0.5) is 18.9 Å². The molecule has 0 bridgehead atoms. The molecule has 1 saturated heterocycles. The Kier molecular flexibility index (Phi) is 6.30. The fourth-order valence-corrected chi connectivity index (χ4v) is 5.65. The number of nitro groups is 1. The molecule has 0 aliphatic carbocycles. The Bertz CT molecular complexity index is 1010. The van der Waals surface area contributed by atoms with Crippen molar-refractivity contribution in [2.75, 3.05) is 17.3 Å². The van der Waals surface area contributed by atoms with Gasteiger partial charge in [-0.1, -0.05) is 0 Å². The van der Waals surface area contributed by atoms with E-state index in [1.54, 1.807) is 0 Å². The third-order valence-electron chi connectivity index (χ3n) is 3.70. The number of hydrogen-bond acceptors (Lipinski definition) is 8. The summed E-state index contributed by atoms with van der Waals surface area (Å²) in [5, 5.41) is 13.5. The molecular formula is C13H13F3N2O7S3. The number of carbonyl (C=O) groups is 1. The normalized spacial score (nSPS) is 19.3. The maximum Gasteiger partial charge on any atom is 0.501 e. The number of benzene rings is 1. The van der Waals surface area contributed by atoms with Crippen molar-refractivity contribution in [1.29, 1.82) is 0 Å². The van der Waals surface area contributed by atoms with E-state index in [0.717, 1.165) is 6.07 Å². The Balaban J connectivity index is 2.13. The van der Waals surface area contributed by atoms with Crippen molar-refractivity contribution in [3.63, 3.8) is 0 Å². The third kappa shape index (κ3) is 5.14. The number of alkyl halides is 3. The van der Waals surface area contributed by atoms with Gasteiger partial charge in [-0.3, -0.25) is 14.9 Å². The highest BCUT2D eigenvalue weighted by Crippen LogP contribution is 2.36. The van der Waals surface area contributed by atoms with Gasteiger partial charge < -0.3 is 5.32 Å². The third-order valence-corrected chi connectivity index (χ3v) is 8.01. The molecule has 9 nitrogen and oxygen atoms in total. The number of amides is 1. The van der Waals surface area contributed by atoms with Gasteiger partial charge in [0, 0.05) is 12.1 Å². The second kappa shape index (κ2) is 7.87. The average Bonchev–Trinajstić information content (AvgIpc) is 2.90. The van der Waals surface area contributed by atoms with Crippen LogP contribution < -0.4 is 5.32 Å². The van der Waals surface area contributed by atoms with E-state index in [0.29, 0.717) is 17.8 Å². The molecule has 1 aromatic carbocycles. The first-order valence-electron chi connectivity index (χ1n) is 7.45. The summed E-state index contributed by atoms with van der Waals surface area (Å²) in [6, 6.07) is 1.09. The molecule has 1 aliphatic rings. The van der Waals surface area contributed by atoms with Crippen LogP contribution in [0.5, 0.6) is 0 Å². The van der Waals surface area contributed by atoms with Crippen LogP contribution in [0, 0.1) is 10.1 Å². The van der Waals surface area contributed by atoms with E-state index < -0.39 is 52.6 Å². The molecular weight excluding hydrogens is 449 g/mol. The quantitative estimate of drug-likeness (QED) is 0.379. The standard InChI is InChI=1S/C13H13F3N2O7S3/c14-13(15,16)28(24,25)9-1-2-11(10(5-9)18(20)21)26-6-12(19)17-8-3-4-27(22,23)7-8/h1-2,5,8H,3-4,6-7H2,(H,17,19). The molecule has 1 fully saturated rings. The van der Waals surface area contributed by atoms with Crippen LogP contribution in [0.2, 0.25) is 0 Å². The Morgan fingerprint density at radius 3 is 2.50 bits per heavy atom. The topological polar surface area (TPSA) is 141 Å². The molecule has 0 saturated carbocycles. The summed E-state index contributed by atoms with van der Waals surface area (Å²) in [5.74, 6) is -1.27. The minimum atomic E-state index is -5.76. The van der Waals surface area contributed by atoms with Gasteiger partial charge in [0.2, 0.25) is 5.91 Å². The van der Waals surface area contributed by atoms with Gasteiger partial charge in [-0.25, -0.2) is 16.8 Å². The number of hydrogen-bond donors (Lipinski definition) is 1. The number of rotatable bonds is 6. The summed E-state index contributed by atoms with van der Waals surface area (Å²) in [7, 11) is -8.97. The molecule has 2 rings (SSSR count). The number of nitrogens with one attached hydrogen (secondary N) is 1. The van der Waals surface area contributed by atoms with Gasteiger partial charge in [-0.2, -0.15) is 13.2 Å². The highest BCUT2D eigenvalue weighted by molar-refractivity contribution is 8.00. The van der Waals surface area contributed by atoms with Crippen molar-refractivity contribution in [1.82, 2.24) is 5.32 Å². The molecule has 0 spiro atoms. The van der Waals surface area contributed by atoms with Crippen molar-refractivity contribution >= 4 is 43.0 Å². The Morgan fingerprint density at radius 2 is 2.00 bits per heavy atom. The Labute approximate surface area is 161 Å². The predicted octanol–water partition coefficient (Wildman–Crippen LogP) is 1.28. The van der Waals surface area contributed by atoms with Crippen LogP contribution in [0.3, 0.4) is 0 Å². The molecule has 1 atom stereocenters. The Morgan fingerprint density at radius 1 is 1.36 bits per heavy atom. The average molecular weight is 462 g/mol. The van der Waals surface area contributed by atoms with E-state index in [1.165, 1.54) is 0 Å². The van der Waals surface area contributed by atoms with E-state index in [2.05, 4.69) is 5.32 Å². The lowest BCUT2D eigenvalue weighted by Gasteiger charge is -2.11. The highest BCUT2D eigenvalue weighted by Gasteiger charge is 2.47. The van der Waals surface area contributed by atoms with Gasteiger partial charge in [0.15, 0.2) is 9.84 Å². The second-order valence-corrected chi connectivity index (χ2v) is 11.0. The van der Waals surface area contributed by atoms with Crippen LogP contribution in [-0.4, -0.2) is 56.5 Å². The molecule has 1 amide bonds. The monoisotopic (exact) mass is 462 g/mol. The molecule has 1 aliphatic heterocycles. The molecule has 156 valence electrons. The molecule has 1 aromatic rings. The zero-order chi connectivity index (χ0) is 21.3. The summed E-state index contributed by atoms with van der Waals surface area (Å²) in [6.45, 7) is 0. The predicted molar refractivity (Wildman–Crippen MR) is 92.3 cm³/mol. The maximum absolute atomic E-state index is 12.6. The maximum atomic E-state index is 12.6. The van der Waals surface area contributed by atoms with E-state index in [9.17, 15) is 44.9 Å².